The van der Waals surface area contributed by atoms with Gasteiger partial charge in [-0.15, -0.1) is 0 Å². The molecule has 0 bridgehead atoms. The fourth-order valence-corrected chi connectivity index (χ4v) is 1.26. The quantitative estimate of drug-likeness (QED) is 0.634. The van der Waals surface area contributed by atoms with Crippen molar-refractivity contribution in [3.63, 3.8) is 0 Å². The minimum Gasteiger partial charge on any atom is -0.321 e. The largest absolute Gasteiger partial charge is 0.321 e. The van der Waals surface area contributed by atoms with E-state index >= 15 is 0 Å². The van der Waals surface area contributed by atoms with Gasteiger partial charge in [0.2, 0.25) is 0 Å². The summed E-state index contributed by atoms with van der Waals surface area (Å²) in [6, 6.07) is -0.555. The Labute approximate surface area is 67.1 Å². The smallest absolute Gasteiger partial charge is 0.146 e. The normalized spacial score (nSPS) is 18.8. The van der Waals surface area contributed by atoms with Gasteiger partial charge in [0, 0.05) is 21.7 Å². The van der Waals surface area contributed by atoms with E-state index in [1.807, 2.05) is 0 Å². The first kappa shape index (κ1) is 10.6. The summed E-state index contributed by atoms with van der Waals surface area (Å²) in [5.41, 5.74) is 5.37. The van der Waals surface area contributed by atoms with Gasteiger partial charge in [-0.3, -0.25) is 13.8 Å². The van der Waals surface area contributed by atoms with Gasteiger partial charge in [-0.05, 0) is 13.3 Å². The minimum absolute atomic E-state index is 0.117. The van der Waals surface area contributed by atoms with Gasteiger partial charge in [0.1, 0.15) is 5.78 Å². The maximum absolute atomic E-state index is 10.8. The van der Waals surface area contributed by atoms with E-state index in [2.05, 4.69) is 0 Å². The molecule has 0 aromatic carbocycles. The SMILES string of the molecule is CC(=O)[C@@H](N)CCS(C)(=N)=O. The van der Waals surface area contributed by atoms with Gasteiger partial charge in [0.15, 0.2) is 0 Å². The zero-order valence-electron chi connectivity index (χ0n) is 6.79. The van der Waals surface area contributed by atoms with Crippen molar-refractivity contribution in [2.45, 2.75) is 19.4 Å². The fourth-order valence-electron chi connectivity index (χ4n) is 0.555. The summed E-state index contributed by atoms with van der Waals surface area (Å²) < 4.78 is 17.8. The number of carbonyl (C=O) groups excluding carboxylic acids is 1. The second kappa shape index (κ2) is 3.82. The van der Waals surface area contributed by atoms with Gasteiger partial charge in [-0.25, -0.2) is 0 Å². The van der Waals surface area contributed by atoms with Crippen LogP contribution in [0.2, 0.25) is 0 Å². The molecular weight excluding hydrogens is 164 g/mol. The summed E-state index contributed by atoms with van der Waals surface area (Å²) >= 11 is 0. The molecule has 0 saturated carbocycles. The van der Waals surface area contributed by atoms with Crippen LogP contribution in [0, 0.1) is 4.78 Å². The average Bonchev–Trinajstić information content (AvgIpc) is 1.80. The van der Waals surface area contributed by atoms with Crippen molar-refractivity contribution in [2.24, 2.45) is 5.73 Å². The van der Waals surface area contributed by atoms with Crippen molar-refractivity contribution in [2.75, 3.05) is 12.0 Å². The predicted octanol–water partition coefficient (Wildman–Crippen LogP) is -0.0306. The number of carbonyl (C=O) groups is 1. The lowest BCUT2D eigenvalue weighted by Crippen LogP contribution is -2.30. The molecule has 0 rings (SSSR count). The molecule has 0 aromatic rings. The van der Waals surface area contributed by atoms with E-state index in [0.717, 1.165) is 0 Å². The summed E-state index contributed by atoms with van der Waals surface area (Å²) in [7, 11) is -2.48. The summed E-state index contributed by atoms with van der Waals surface area (Å²) in [5, 5.41) is 0. The van der Waals surface area contributed by atoms with Crippen LogP contribution >= 0.6 is 0 Å². The molecule has 2 atom stereocenters. The van der Waals surface area contributed by atoms with Crippen molar-refractivity contribution in [1.82, 2.24) is 0 Å². The Bertz CT molecular complexity index is 233. The van der Waals surface area contributed by atoms with Gasteiger partial charge >= 0.3 is 0 Å². The van der Waals surface area contributed by atoms with E-state index in [-0.39, 0.29) is 11.5 Å². The fraction of sp³-hybridized carbons (Fsp3) is 0.833. The Morgan fingerprint density at radius 1 is 1.73 bits per heavy atom. The van der Waals surface area contributed by atoms with Crippen LogP contribution in [0.3, 0.4) is 0 Å². The number of Topliss-reactive ketones (excluding diaryl/α,β-unsaturated/α-hetero) is 1. The highest BCUT2D eigenvalue weighted by Crippen LogP contribution is 1.94. The summed E-state index contributed by atoms with van der Waals surface area (Å²) in [4.78, 5) is 10.6. The third kappa shape index (κ3) is 6.00. The van der Waals surface area contributed by atoms with Crippen LogP contribution in [0.1, 0.15) is 13.3 Å². The molecule has 4 nitrogen and oxygen atoms in total. The zero-order chi connectivity index (χ0) is 9.07. The molecule has 0 aliphatic heterocycles. The van der Waals surface area contributed by atoms with Crippen molar-refractivity contribution in [1.29, 1.82) is 4.78 Å². The highest BCUT2D eigenvalue weighted by atomic mass is 32.2. The molecule has 1 unspecified atom stereocenters. The molecule has 0 heterocycles. The summed E-state index contributed by atoms with van der Waals surface area (Å²) in [5.74, 6) is 0.0851. The van der Waals surface area contributed by atoms with Gasteiger partial charge in [0.05, 0.1) is 6.04 Å². The molecule has 0 aromatic heterocycles. The first-order chi connectivity index (χ1) is 4.83. The molecule has 0 saturated heterocycles. The van der Waals surface area contributed by atoms with Crippen LogP contribution in [0.4, 0.5) is 0 Å². The first-order valence-corrected chi connectivity index (χ1v) is 5.44. The van der Waals surface area contributed by atoms with Crippen LogP contribution < -0.4 is 5.73 Å². The third-order valence-corrected chi connectivity index (χ3v) is 2.36. The molecular formula is C6H14N2O2S. The lowest BCUT2D eigenvalue weighted by molar-refractivity contribution is -0.118. The number of rotatable bonds is 4. The molecule has 0 radical (unpaired) electrons. The lowest BCUT2D eigenvalue weighted by atomic mass is 10.2. The van der Waals surface area contributed by atoms with E-state index < -0.39 is 15.8 Å². The van der Waals surface area contributed by atoms with E-state index in [9.17, 15) is 9.00 Å². The Kier molecular flexibility index (Phi) is 3.68. The standard InChI is InChI=1S/C6H14N2O2S/c1-5(9)6(7)3-4-11(2,8)10/h6,8H,3-4,7H2,1-2H3/t6-,11?/m0/s1. The van der Waals surface area contributed by atoms with Crippen molar-refractivity contribution in [3.05, 3.63) is 0 Å². The average molecular weight is 178 g/mol. The molecule has 0 spiro atoms. The van der Waals surface area contributed by atoms with E-state index in [1.54, 1.807) is 0 Å². The molecule has 3 N–H and O–H groups in total. The topological polar surface area (TPSA) is 84.0 Å². The number of hydrogen-bond acceptors (Lipinski definition) is 4. The molecule has 5 heteroatoms. The molecule has 0 fully saturated rings. The monoisotopic (exact) mass is 178 g/mol. The minimum atomic E-state index is -2.48. The second-order valence-electron chi connectivity index (χ2n) is 2.71. The van der Waals surface area contributed by atoms with Crippen molar-refractivity contribution in [3.8, 4) is 0 Å². The highest BCUT2D eigenvalue weighted by molar-refractivity contribution is 7.91. The lowest BCUT2D eigenvalue weighted by Gasteiger charge is -2.06. The van der Waals surface area contributed by atoms with Crippen LogP contribution in [0.5, 0.6) is 0 Å². The summed E-state index contributed by atoms with van der Waals surface area (Å²) in [6.45, 7) is 1.39. The Hall–Kier alpha value is -0.420. The zero-order valence-corrected chi connectivity index (χ0v) is 7.61. The van der Waals surface area contributed by atoms with Crippen LogP contribution in [0.25, 0.3) is 0 Å². The van der Waals surface area contributed by atoms with Gasteiger partial charge in [-0.1, -0.05) is 0 Å². The molecule has 66 valence electrons. The van der Waals surface area contributed by atoms with Crippen LogP contribution in [0.15, 0.2) is 0 Å². The van der Waals surface area contributed by atoms with E-state index in [4.69, 9.17) is 10.5 Å². The second-order valence-corrected chi connectivity index (χ2v) is 5.13. The maximum Gasteiger partial charge on any atom is 0.146 e. The van der Waals surface area contributed by atoms with Crippen LogP contribution in [-0.2, 0) is 14.5 Å². The van der Waals surface area contributed by atoms with Gasteiger partial charge in [0.25, 0.3) is 0 Å². The van der Waals surface area contributed by atoms with Crippen LogP contribution in [-0.4, -0.2) is 28.0 Å². The van der Waals surface area contributed by atoms with Crippen molar-refractivity contribution < 1.29 is 9.00 Å². The maximum atomic E-state index is 10.8. The number of hydrogen-bond donors (Lipinski definition) is 2. The third-order valence-electron chi connectivity index (χ3n) is 1.34. The Balaban J connectivity index is 3.82. The predicted molar refractivity (Wildman–Crippen MR) is 44.9 cm³/mol. The Morgan fingerprint density at radius 2 is 2.18 bits per heavy atom. The number of nitrogens with two attached hydrogens (primary N) is 1. The molecule has 0 aliphatic carbocycles. The number of ketones is 1. The van der Waals surface area contributed by atoms with E-state index in [0.29, 0.717) is 6.42 Å². The first-order valence-electron chi connectivity index (χ1n) is 3.30. The highest BCUT2D eigenvalue weighted by Gasteiger charge is 2.09. The number of nitrogens with one attached hydrogen (secondary N) is 1. The summed E-state index contributed by atoms with van der Waals surface area (Å²) in [6.07, 6.45) is 1.69. The van der Waals surface area contributed by atoms with Crippen molar-refractivity contribution >= 4 is 15.5 Å². The molecule has 0 amide bonds. The van der Waals surface area contributed by atoms with Gasteiger partial charge < -0.3 is 5.73 Å². The van der Waals surface area contributed by atoms with E-state index in [1.165, 1.54) is 13.2 Å². The molecule has 11 heavy (non-hydrogen) atoms. The van der Waals surface area contributed by atoms with Gasteiger partial charge in [-0.2, -0.15) is 0 Å². The molecule has 0 aliphatic rings. The Morgan fingerprint density at radius 3 is 2.45 bits per heavy atom.